The van der Waals surface area contributed by atoms with Crippen LogP contribution in [0.1, 0.15) is 33.6 Å². The first-order valence-corrected chi connectivity index (χ1v) is 6.89. The Morgan fingerprint density at radius 2 is 1.95 bits per heavy atom. The van der Waals surface area contributed by atoms with Crippen LogP contribution >= 0.6 is 15.9 Å². The van der Waals surface area contributed by atoms with Crippen molar-refractivity contribution in [2.24, 2.45) is 0 Å². The van der Waals surface area contributed by atoms with Crippen molar-refractivity contribution >= 4 is 33.4 Å². The topological polar surface area (TPSA) is 80.5 Å². The summed E-state index contributed by atoms with van der Waals surface area (Å²) < 4.78 is 0. The van der Waals surface area contributed by atoms with Gasteiger partial charge in [0, 0.05) is 17.9 Å². The number of unbranched alkanes of at least 4 members (excludes halogenated alkanes) is 1. The summed E-state index contributed by atoms with van der Waals surface area (Å²) in [5, 5.41) is 11.7. The summed E-state index contributed by atoms with van der Waals surface area (Å²) in [7, 11) is 0. The van der Waals surface area contributed by atoms with E-state index in [9.17, 15) is 19.7 Å². The maximum Gasteiger partial charge on any atom is 0.282 e. The van der Waals surface area contributed by atoms with Gasteiger partial charge in [-0.3, -0.25) is 24.6 Å². The minimum absolute atomic E-state index is 0.0867. The van der Waals surface area contributed by atoms with E-state index in [1.54, 1.807) is 0 Å². The number of nitro benzene ring substituents is 1. The van der Waals surface area contributed by atoms with Crippen LogP contribution in [-0.2, 0) is 0 Å². The molecule has 0 N–H and O–H groups in total. The molecule has 1 aromatic rings. The highest BCUT2D eigenvalue weighted by molar-refractivity contribution is 9.09. The van der Waals surface area contributed by atoms with E-state index in [-0.39, 0.29) is 23.4 Å². The third-order valence-corrected chi connectivity index (χ3v) is 3.50. The average Bonchev–Trinajstić information content (AvgIpc) is 2.64. The van der Waals surface area contributed by atoms with Crippen molar-refractivity contribution in [3.05, 3.63) is 39.4 Å². The number of alkyl halides is 1. The fraction of sp³-hybridized carbons (Fsp3) is 0.333. The number of halogens is 1. The largest absolute Gasteiger partial charge is 0.282 e. The van der Waals surface area contributed by atoms with E-state index in [2.05, 4.69) is 15.9 Å². The molecule has 0 atom stereocenters. The average molecular weight is 327 g/mol. The number of amides is 2. The number of imide groups is 1. The number of hydrogen-bond acceptors (Lipinski definition) is 4. The van der Waals surface area contributed by atoms with E-state index in [4.69, 9.17) is 0 Å². The highest BCUT2D eigenvalue weighted by Gasteiger charge is 2.40. The molecule has 0 aliphatic carbocycles. The van der Waals surface area contributed by atoms with Gasteiger partial charge in [-0.2, -0.15) is 0 Å². The summed E-state index contributed by atoms with van der Waals surface area (Å²) in [6, 6.07) is 4.11. The van der Waals surface area contributed by atoms with Crippen LogP contribution in [-0.4, -0.2) is 33.5 Å². The van der Waals surface area contributed by atoms with Crippen LogP contribution in [0.15, 0.2) is 18.2 Å². The van der Waals surface area contributed by atoms with Gasteiger partial charge in [0.1, 0.15) is 5.56 Å². The molecule has 0 aromatic heterocycles. The standard InChI is InChI=1S/C12H11BrN2O4/c13-6-1-2-7-14-11(16)8-4-3-5-9(15(18)19)10(8)12(14)17/h3-5H,1-2,6-7H2. The Labute approximate surface area is 117 Å². The fourth-order valence-electron chi connectivity index (χ4n) is 2.04. The van der Waals surface area contributed by atoms with E-state index in [0.717, 1.165) is 16.7 Å². The van der Waals surface area contributed by atoms with Gasteiger partial charge in [-0.15, -0.1) is 0 Å². The van der Waals surface area contributed by atoms with Crippen LogP contribution in [0.5, 0.6) is 0 Å². The molecule has 0 bridgehead atoms. The Bertz CT molecular complexity index is 559. The number of benzene rings is 1. The van der Waals surface area contributed by atoms with Crippen LogP contribution in [0.25, 0.3) is 0 Å². The predicted molar refractivity (Wildman–Crippen MR) is 71.5 cm³/mol. The highest BCUT2D eigenvalue weighted by atomic mass is 79.9. The molecule has 0 unspecified atom stereocenters. The summed E-state index contributed by atoms with van der Waals surface area (Å²) in [6.45, 7) is 0.287. The Hall–Kier alpha value is -1.76. The molecule has 1 heterocycles. The van der Waals surface area contributed by atoms with E-state index in [1.165, 1.54) is 18.2 Å². The Balaban J connectivity index is 2.33. The summed E-state index contributed by atoms with van der Waals surface area (Å²) in [5.41, 5.74) is -0.270. The molecule has 0 radical (unpaired) electrons. The molecule has 19 heavy (non-hydrogen) atoms. The van der Waals surface area contributed by atoms with Crippen LogP contribution in [0, 0.1) is 10.1 Å². The second kappa shape index (κ2) is 5.48. The summed E-state index contributed by atoms with van der Waals surface area (Å²) in [5.74, 6) is -1.01. The van der Waals surface area contributed by atoms with Crippen molar-refractivity contribution in [1.29, 1.82) is 0 Å². The van der Waals surface area contributed by atoms with Gasteiger partial charge in [-0.25, -0.2) is 0 Å². The van der Waals surface area contributed by atoms with Crippen molar-refractivity contribution < 1.29 is 14.5 Å². The molecular formula is C12H11BrN2O4. The Morgan fingerprint density at radius 3 is 2.58 bits per heavy atom. The zero-order valence-corrected chi connectivity index (χ0v) is 11.6. The maximum atomic E-state index is 12.1. The molecule has 0 fully saturated rings. The lowest BCUT2D eigenvalue weighted by Gasteiger charge is -2.12. The molecule has 2 amide bonds. The van der Waals surface area contributed by atoms with Gasteiger partial charge in [-0.05, 0) is 18.9 Å². The van der Waals surface area contributed by atoms with Crippen molar-refractivity contribution in [1.82, 2.24) is 4.90 Å². The Morgan fingerprint density at radius 1 is 1.21 bits per heavy atom. The molecule has 1 aliphatic heterocycles. The molecule has 1 aliphatic rings. The minimum atomic E-state index is -0.633. The van der Waals surface area contributed by atoms with E-state index in [1.807, 2.05) is 0 Å². The summed E-state index contributed by atoms with van der Waals surface area (Å²) in [4.78, 5) is 35.5. The number of hydrogen-bond donors (Lipinski definition) is 0. The molecule has 2 rings (SSSR count). The number of nitrogens with zero attached hydrogens (tertiary/aromatic N) is 2. The summed E-state index contributed by atoms with van der Waals surface area (Å²) >= 11 is 3.27. The second-order valence-electron chi connectivity index (χ2n) is 4.11. The number of carbonyl (C=O) groups is 2. The van der Waals surface area contributed by atoms with Crippen molar-refractivity contribution in [3.63, 3.8) is 0 Å². The SMILES string of the molecule is O=C1c2cccc([N+](=O)[O-])c2C(=O)N1CCCCBr. The van der Waals surface area contributed by atoms with Crippen LogP contribution in [0.4, 0.5) is 5.69 Å². The van der Waals surface area contributed by atoms with Gasteiger partial charge >= 0.3 is 0 Å². The molecule has 6 nitrogen and oxygen atoms in total. The highest BCUT2D eigenvalue weighted by Crippen LogP contribution is 2.30. The molecule has 7 heteroatoms. The lowest BCUT2D eigenvalue weighted by atomic mass is 10.1. The van der Waals surface area contributed by atoms with Crippen LogP contribution < -0.4 is 0 Å². The predicted octanol–water partition coefficient (Wildman–Crippen LogP) is 2.37. The third-order valence-electron chi connectivity index (χ3n) is 2.94. The second-order valence-corrected chi connectivity index (χ2v) is 4.91. The maximum absolute atomic E-state index is 12.1. The van der Waals surface area contributed by atoms with E-state index >= 15 is 0 Å². The van der Waals surface area contributed by atoms with Gasteiger partial charge < -0.3 is 0 Å². The van der Waals surface area contributed by atoms with Gasteiger partial charge in [0.05, 0.1) is 10.5 Å². The number of nitro groups is 1. The molecule has 0 saturated heterocycles. The van der Waals surface area contributed by atoms with E-state index in [0.29, 0.717) is 6.42 Å². The van der Waals surface area contributed by atoms with Gasteiger partial charge in [0.15, 0.2) is 0 Å². The third kappa shape index (κ3) is 2.37. The first kappa shape index (κ1) is 13.7. The summed E-state index contributed by atoms with van der Waals surface area (Å²) in [6.07, 6.45) is 1.50. The molecule has 0 spiro atoms. The molecule has 100 valence electrons. The lowest BCUT2D eigenvalue weighted by Crippen LogP contribution is -2.30. The first-order chi connectivity index (χ1) is 9.07. The van der Waals surface area contributed by atoms with Crippen LogP contribution in [0.3, 0.4) is 0 Å². The van der Waals surface area contributed by atoms with Gasteiger partial charge in [0.25, 0.3) is 17.5 Å². The number of fused-ring (bicyclic) bond motifs is 1. The van der Waals surface area contributed by atoms with Gasteiger partial charge in [0.2, 0.25) is 0 Å². The molecular weight excluding hydrogens is 316 g/mol. The quantitative estimate of drug-likeness (QED) is 0.273. The van der Waals surface area contributed by atoms with Crippen molar-refractivity contribution in [2.45, 2.75) is 12.8 Å². The van der Waals surface area contributed by atoms with Crippen molar-refractivity contribution in [2.75, 3.05) is 11.9 Å². The van der Waals surface area contributed by atoms with Crippen LogP contribution in [0.2, 0.25) is 0 Å². The fourth-order valence-corrected chi connectivity index (χ4v) is 2.43. The van der Waals surface area contributed by atoms with Crippen molar-refractivity contribution in [3.8, 4) is 0 Å². The normalized spacial score (nSPS) is 13.8. The van der Waals surface area contributed by atoms with E-state index < -0.39 is 16.7 Å². The lowest BCUT2D eigenvalue weighted by molar-refractivity contribution is -0.385. The number of rotatable bonds is 5. The zero-order chi connectivity index (χ0) is 14.0. The molecule has 0 saturated carbocycles. The monoisotopic (exact) mass is 326 g/mol. The smallest absolute Gasteiger partial charge is 0.274 e. The molecule has 1 aromatic carbocycles. The Kier molecular flexibility index (Phi) is 3.94. The number of carbonyl (C=O) groups excluding carboxylic acids is 2. The minimum Gasteiger partial charge on any atom is -0.274 e. The van der Waals surface area contributed by atoms with Gasteiger partial charge in [-0.1, -0.05) is 22.0 Å². The first-order valence-electron chi connectivity index (χ1n) is 5.77. The zero-order valence-electron chi connectivity index (χ0n) is 9.97.